The molecule has 15 heavy (non-hydrogen) atoms. The Morgan fingerprint density at radius 3 is 2.80 bits per heavy atom. The minimum Gasteiger partial charge on any atom is -0.389 e. The van der Waals surface area contributed by atoms with E-state index in [4.69, 9.17) is 5.73 Å². The number of thiophene rings is 1. The van der Waals surface area contributed by atoms with Crippen LogP contribution in [0.2, 0.25) is 0 Å². The summed E-state index contributed by atoms with van der Waals surface area (Å²) in [5.41, 5.74) is 6.07. The molecule has 4 N–H and O–H groups in total. The topological polar surface area (TPSA) is 66.5 Å². The molecule has 0 amide bonds. The molecule has 1 aromatic carbocycles. The molecular formula is C11H13NO2S. The predicted octanol–water partition coefficient (Wildman–Crippen LogP) is 1.25. The predicted molar refractivity (Wildman–Crippen MR) is 61.8 cm³/mol. The fourth-order valence-electron chi connectivity index (χ4n) is 1.59. The summed E-state index contributed by atoms with van der Waals surface area (Å²) in [7, 11) is 0. The summed E-state index contributed by atoms with van der Waals surface area (Å²) in [5.74, 6) is 0. The highest BCUT2D eigenvalue weighted by atomic mass is 32.1. The molecule has 3 nitrogen and oxygen atoms in total. The molecule has 0 aliphatic rings. The van der Waals surface area contributed by atoms with Crippen LogP contribution in [-0.4, -0.2) is 22.9 Å². The van der Waals surface area contributed by atoms with Crippen LogP contribution >= 0.6 is 11.3 Å². The van der Waals surface area contributed by atoms with Gasteiger partial charge in [-0.3, -0.25) is 0 Å². The first-order chi connectivity index (χ1) is 7.24. The van der Waals surface area contributed by atoms with E-state index >= 15 is 0 Å². The van der Waals surface area contributed by atoms with Crippen LogP contribution in [0, 0.1) is 0 Å². The Kier molecular flexibility index (Phi) is 3.02. The van der Waals surface area contributed by atoms with Crippen molar-refractivity contribution >= 4 is 21.4 Å². The van der Waals surface area contributed by atoms with Crippen LogP contribution in [0.15, 0.2) is 29.6 Å². The Balaban J connectivity index is 2.46. The van der Waals surface area contributed by atoms with Gasteiger partial charge in [-0.15, -0.1) is 11.3 Å². The van der Waals surface area contributed by atoms with Crippen molar-refractivity contribution in [2.24, 2.45) is 5.73 Å². The monoisotopic (exact) mass is 223 g/mol. The van der Waals surface area contributed by atoms with E-state index < -0.39 is 12.2 Å². The number of hydrogen-bond acceptors (Lipinski definition) is 4. The highest BCUT2D eigenvalue weighted by Crippen LogP contribution is 2.30. The highest BCUT2D eigenvalue weighted by molar-refractivity contribution is 7.17. The summed E-state index contributed by atoms with van der Waals surface area (Å²) in [6, 6.07) is 7.67. The molecule has 0 aliphatic heterocycles. The van der Waals surface area contributed by atoms with E-state index in [0.29, 0.717) is 0 Å². The molecule has 80 valence electrons. The maximum Gasteiger partial charge on any atom is 0.107 e. The van der Waals surface area contributed by atoms with Crippen molar-refractivity contribution in [3.05, 3.63) is 35.2 Å². The SMILES string of the molecule is NCC(O)C(O)c1cccc2ccsc12. The van der Waals surface area contributed by atoms with Gasteiger partial charge in [0.15, 0.2) is 0 Å². The van der Waals surface area contributed by atoms with Gasteiger partial charge in [-0.2, -0.15) is 0 Å². The average Bonchev–Trinajstić information content (AvgIpc) is 2.74. The Hall–Kier alpha value is -0.940. The molecule has 2 atom stereocenters. The third-order valence-electron chi connectivity index (χ3n) is 2.43. The standard InChI is InChI=1S/C11H13NO2S/c12-6-9(13)10(14)8-3-1-2-7-4-5-15-11(7)8/h1-5,9-10,13-14H,6,12H2. The minimum atomic E-state index is -0.905. The average molecular weight is 223 g/mol. The van der Waals surface area contributed by atoms with Gasteiger partial charge in [0.05, 0.1) is 6.10 Å². The first-order valence-electron chi connectivity index (χ1n) is 4.76. The first kappa shape index (κ1) is 10.6. The lowest BCUT2D eigenvalue weighted by atomic mass is 10.0. The molecule has 0 saturated heterocycles. The van der Waals surface area contributed by atoms with Crippen LogP contribution in [0.3, 0.4) is 0 Å². The maximum atomic E-state index is 9.88. The number of aliphatic hydroxyl groups excluding tert-OH is 2. The Labute approximate surface area is 91.8 Å². The summed E-state index contributed by atoms with van der Waals surface area (Å²) in [6.45, 7) is 0.0585. The molecule has 1 aromatic heterocycles. The van der Waals surface area contributed by atoms with Gasteiger partial charge in [0.25, 0.3) is 0 Å². The summed E-state index contributed by atoms with van der Waals surface area (Å²) in [6.07, 6.45) is -1.81. The molecular weight excluding hydrogens is 210 g/mol. The molecule has 2 aromatic rings. The number of aliphatic hydroxyl groups is 2. The zero-order valence-electron chi connectivity index (χ0n) is 8.13. The van der Waals surface area contributed by atoms with Gasteiger partial charge < -0.3 is 15.9 Å². The first-order valence-corrected chi connectivity index (χ1v) is 5.64. The lowest BCUT2D eigenvalue weighted by molar-refractivity contribution is 0.0253. The number of nitrogens with two attached hydrogens (primary N) is 1. The fraction of sp³-hybridized carbons (Fsp3) is 0.273. The lowest BCUT2D eigenvalue weighted by Gasteiger charge is -2.16. The van der Waals surface area contributed by atoms with Crippen LogP contribution in [0.4, 0.5) is 0 Å². The largest absolute Gasteiger partial charge is 0.389 e. The minimum absolute atomic E-state index is 0.0585. The fourth-order valence-corrected chi connectivity index (χ4v) is 2.53. The van der Waals surface area contributed by atoms with E-state index in [0.717, 1.165) is 15.6 Å². The number of hydrogen-bond donors (Lipinski definition) is 3. The van der Waals surface area contributed by atoms with Gasteiger partial charge in [-0.05, 0) is 16.8 Å². The molecule has 4 heteroatoms. The molecule has 0 saturated carbocycles. The Bertz CT molecular complexity index is 455. The van der Waals surface area contributed by atoms with E-state index in [1.807, 2.05) is 29.6 Å². The number of benzene rings is 1. The van der Waals surface area contributed by atoms with Crippen molar-refractivity contribution in [1.29, 1.82) is 0 Å². The quantitative estimate of drug-likeness (QED) is 0.733. The van der Waals surface area contributed by atoms with Crippen molar-refractivity contribution in [3.8, 4) is 0 Å². The maximum absolute atomic E-state index is 9.88. The Morgan fingerprint density at radius 1 is 1.27 bits per heavy atom. The van der Waals surface area contributed by atoms with Crippen molar-refractivity contribution < 1.29 is 10.2 Å². The second-order valence-electron chi connectivity index (χ2n) is 3.43. The van der Waals surface area contributed by atoms with Crippen molar-refractivity contribution in [2.75, 3.05) is 6.54 Å². The van der Waals surface area contributed by atoms with Gasteiger partial charge in [-0.25, -0.2) is 0 Å². The van der Waals surface area contributed by atoms with Gasteiger partial charge >= 0.3 is 0 Å². The summed E-state index contributed by atoms with van der Waals surface area (Å²) in [4.78, 5) is 0. The van der Waals surface area contributed by atoms with E-state index in [2.05, 4.69) is 0 Å². The second-order valence-corrected chi connectivity index (χ2v) is 4.35. The normalized spacial score (nSPS) is 15.4. The van der Waals surface area contributed by atoms with Crippen molar-refractivity contribution in [1.82, 2.24) is 0 Å². The van der Waals surface area contributed by atoms with E-state index in [9.17, 15) is 10.2 Å². The van der Waals surface area contributed by atoms with Crippen molar-refractivity contribution in [2.45, 2.75) is 12.2 Å². The molecule has 0 spiro atoms. The molecule has 0 radical (unpaired) electrons. The zero-order chi connectivity index (χ0) is 10.8. The highest BCUT2D eigenvalue weighted by Gasteiger charge is 2.19. The smallest absolute Gasteiger partial charge is 0.107 e. The van der Waals surface area contributed by atoms with E-state index in [1.54, 1.807) is 11.3 Å². The number of rotatable bonds is 3. The molecule has 2 unspecified atom stereocenters. The lowest BCUT2D eigenvalue weighted by Crippen LogP contribution is -2.27. The van der Waals surface area contributed by atoms with Crippen molar-refractivity contribution in [3.63, 3.8) is 0 Å². The molecule has 1 heterocycles. The summed E-state index contributed by atoms with van der Waals surface area (Å²) < 4.78 is 1.01. The second kappa shape index (κ2) is 4.28. The van der Waals surface area contributed by atoms with Crippen LogP contribution in [0.25, 0.3) is 10.1 Å². The van der Waals surface area contributed by atoms with Gasteiger partial charge in [0.1, 0.15) is 6.10 Å². The van der Waals surface area contributed by atoms with Crippen LogP contribution in [0.5, 0.6) is 0 Å². The van der Waals surface area contributed by atoms with E-state index in [1.165, 1.54) is 0 Å². The van der Waals surface area contributed by atoms with Crippen LogP contribution in [-0.2, 0) is 0 Å². The van der Waals surface area contributed by atoms with Gasteiger partial charge in [-0.1, -0.05) is 18.2 Å². The molecule has 2 rings (SSSR count). The molecule has 0 bridgehead atoms. The summed E-state index contributed by atoms with van der Waals surface area (Å²) in [5, 5.41) is 22.4. The third kappa shape index (κ3) is 1.89. The zero-order valence-corrected chi connectivity index (χ0v) is 8.95. The Morgan fingerprint density at radius 2 is 2.07 bits per heavy atom. The molecule has 0 fully saturated rings. The summed E-state index contributed by atoms with van der Waals surface area (Å²) >= 11 is 1.56. The number of fused-ring (bicyclic) bond motifs is 1. The van der Waals surface area contributed by atoms with Gasteiger partial charge in [0.2, 0.25) is 0 Å². The van der Waals surface area contributed by atoms with Crippen LogP contribution < -0.4 is 5.73 Å². The third-order valence-corrected chi connectivity index (χ3v) is 3.41. The van der Waals surface area contributed by atoms with E-state index in [-0.39, 0.29) is 6.54 Å². The van der Waals surface area contributed by atoms with Gasteiger partial charge in [0, 0.05) is 16.8 Å². The molecule has 0 aliphatic carbocycles. The van der Waals surface area contributed by atoms with Crippen LogP contribution in [0.1, 0.15) is 11.7 Å².